The van der Waals surface area contributed by atoms with Gasteiger partial charge in [0.25, 0.3) is 0 Å². The highest BCUT2D eigenvalue weighted by Crippen LogP contribution is 2.16. The van der Waals surface area contributed by atoms with Crippen molar-refractivity contribution in [2.45, 2.75) is 13.5 Å². The van der Waals surface area contributed by atoms with Crippen LogP contribution in [0.4, 0.5) is 5.82 Å². The molecule has 0 aliphatic carbocycles. The Morgan fingerprint density at radius 2 is 1.90 bits per heavy atom. The maximum absolute atomic E-state index is 5.86. The molecule has 0 fully saturated rings. The number of pyridine rings is 1. The summed E-state index contributed by atoms with van der Waals surface area (Å²) in [6.07, 6.45) is 1.58. The summed E-state index contributed by atoms with van der Waals surface area (Å²) < 4.78 is 0. The second-order valence-electron chi connectivity index (χ2n) is 4.25. The first-order valence-electron chi connectivity index (χ1n) is 5.96. The molecule has 1 aromatic heterocycles. The van der Waals surface area contributed by atoms with Gasteiger partial charge in [-0.3, -0.25) is 0 Å². The van der Waals surface area contributed by atoms with Gasteiger partial charge in [-0.2, -0.15) is 0 Å². The third kappa shape index (κ3) is 4.34. The number of aryl methyl sites for hydroxylation is 1. The number of aromatic nitrogens is 1. The van der Waals surface area contributed by atoms with Crippen molar-refractivity contribution in [1.82, 2.24) is 10.3 Å². The molecule has 0 radical (unpaired) electrons. The first-order valence-corrected chi connectivity index (χ1v) is 7.12. The molecule has 20 heavy (non-hydrogen) atoms. The van der Waals surface area contributed by atoms with E-state index in [2.05, 4.69) is 15.6 Å². The number of hydrogen-bond donors (Lipinski definition) is 2. The highest BCUT2D eigenvalue weighted by molar-refractivity contribution is 7.80. The fourth-order valence-electron chi connectivity index (χ4n) is 1.61. The van der Waals surface area contributed by atoms with Crippen LogP contribution in [0.2, 0.25) is 10.0 Å². The third-order valence-electron chi connectivity index (χ3n) is 2.64. The average molecular weight is 326 g/mol. The highest BCUT2D eigenvalue weighted by Gasteiger charge is 2.03. The van der Waals surface area contributed by atoms with Gasteiger partial charge in [0.2, 0.25) is 0 Å². The molecule has 2 aromatic rings. The van der Waals surface area contributed by atoms with Crippen molar-refractivity contribution in [3.63, 3.8) is 0 Å². The largest absolute Gasteiger partial charge is 0.358 e. The Morgan fingerprint density at radius 3 is 2.55 bits per heavy atom. The predicted octanol–water partition coefficient (Wildman–Crippen LogP) is 4.18. The molecule has 0 aliphatic heterocycles. The maximum Gasteiger partial charge on any atom is 0.172 e. The summed E-state index contributed by atoms with van der Waals surface area (Å²) in [5.74, 6) is 0.697. The van der Waals surface area contributed by atoms with Crippen LogP contribution in [0.25, 0.3) is 0 Å². The van der Waals surface area contributed by atoms with Crippen LogP contribution in [0, 0.1) is 6.92 Å². The maximum atomic E-state index is 5.86. The molecular formula is C14H13Cl2N3S. The van der Waals surface area contributed by atoms with Gasteiger partial charge in [0.1, 0.15) is 5.82 Å². The van der Waals surface area contributed by atoms with Crippen LogP contribution in [0.15, 0.2) is 36.5 Å². The van der Waals surface area contributed by atoms with E-state index < -0.39 is 0 Å². The summed E-state index contributed by atoms with van der Waals surface area (Å²) in [4.78, 5) is 4.20. The normalized spacial score (nSPS) is 10.2. The van der Waals surface area contributed by atoms with E-state index in [1.165, 1.54) is 0 Å². The Labute approximate surface area is 133 Å². The van der Waals surface area contributed by atoms with E-state index >= 15 is 0 Å². The molecule has 0 spiro atoms. The van der Waals surface area contributed by atoms with Crippen molar-refractivity contribution in [2.75, 3.05) is 5.32 Å². The molecule has 2 N–H and O–H groups in total. The zero-order valence-electron chi connectivity index (χ0n) is 10.8. The van der Waals surface area contributed by atoms with Gasteiger partial charge in [0.05, 0.1) is 5.02 Å². The number of anilines is 1. The number of hydrogen-bond acceptors (Lipinski definition) is 2. The summed E-state index contributed by atoms with van der Waals surface area (Å²) in [7, 11) is 0. The van der Waals surface area contributed by atoms with Crippen molar-refractivity contribution in [2.24, 2.45) is 0 Å². The molecule has 0 bridgehead atoms. The van der Waals surface area contributed by atoms with Gasteiger partial charge < -0.3 is 10.6 Å². The van der Waals surface area contributed by atoms with Crippen molar-refractivity contribution in [1.29, 1.82) is 0 Å². The fourth-order valence-corrected chi connectivity index (χ4v) is 2.11. The average Bonchev–Trinajstić information content (AvgIpc) is 2.41. The monoisotopic (exact) mass is 325 g/mol. The number of nitrogens with one attached hydrogen (secondary N) is 2. The first-order chi connectivity index (χ1) is 9.54. The van der Waals surface area contributed by atoms with Gasteiger partial charge in [-0.25, -0.2) is 4.98 Å². The van der Waals surface area contributed by atoms with E-state index in [1.807, 2.05) is 37.3 Å². The van der Waals surface area contributed by atoms with Crippen LogP contribution in [0.5, 0.6) is 0 Å². The van der Waals surface area contributed by atoms with Crippen LogP contribution in [0.3, 0.4) is 0 Å². The smallest absolute Gasteiger partial charge is 0.172 e. The standard InChI is InChI=1S/C14H13Cl2N3S/c1-9-6-12(16)8-17-13(9)19-14(20)18-7-10-2-4-11(15)5-3-10/h2-6,8H,7H2,1H3,(H2,17,18,19,20). The Hall–Kier alpha value is -1.36. The predicted molar refractivity (Wildman–Crippen MR) is 88.5 cm³/mol. The summed E-state index contributed by atoms with van der Waals surface area (Å²) in [6.45, 7) is 2.54. The van der Waals surface area contributed by atoms with Gasteiger partial charge >= 0.3 is 0 Å². The van der Waals surface area contributed by atoms with E-state index in [0.717, 1.165) is 16.1 Å². The minimum Gasteiger partial charge on any atom is -0.358 e. The van der Waals surface area contributed by atoms with Gasteiger partial charge in [0.15, 0.2) is 5.11 Å². The highest BCUT2D eigenvalue weighted by atomic mass is 35.5. The van der Waals surface area contributed by atoms with Gasteiger partial charge in [-0.15, -0.1) is 0 Å². The minimum atomic E-state index is 0.512. The first kappa shape index (κ1) is 15.0. The molecule has 1 aromatic carbocycles. The zero-order valence-corrected chi connectivity index (χ0v) is 13.1. The quantitative estimate of drug-likeness (QED) is 0.830. The fraction of sp³-hybridized carbons (Fsp3) is 0.143. The second kappa shape index (κ2) is 6.88. The van der Waals surface area contributed by atoms with E-state index in [0.29, 0.717) is 22.5 Å². The molecule has 0 saturated heterocycles. The molecule has 1 heterocycles. The van der Waals surface area contributed by atoms with Crippen molar-refractivity contribution in [3.05, 3.63) is 57.7 Å². The van der Waals surface area contributed by atoms with Crippen LogP contribution in [-0.4, -0.2) is 10.1 Å². The minimum absolute atomic E-state index is 0.512. The Kier molecular flexibility index (Phi) is 5.17. The lowest BCUT2D eigenvalue weighted by atomic mass is 10.2. The second-order valence-corrected chi connectivity index (χ2v) is 5.53. The van der Waals surface area contributed by atoms with Crippen LogP contribution >= 0.6 is 35.4 Å². The van der Waals surface area contributed by atoms with Crippen molar-refractivity contribution >= 4 is 46.4 Å². The number of benzene rings is 1. The van der Waals surface area contributed by atoms with Crippen molar-refractivity contribution in [3.8, 4) is 0 Å². The SMILES string of the molecule is Cc1cc(Cl)cnc1NC(=S)NCc1ccc(Cl)cc1. The lowest BCUT2D eigenvalue weighted by Crippen LogP contribution is -2.28. The Bertz CT molecular complexity index is 614. The molecule has 104 valence electrons. The van der Waals surface area contributed by atoms with E-state index in [4.69, 9.17) is 35.4 Å². The molecule has 0 amide bonds. The van der Waals surface area contributed by atoms with E-state index in [1.54, 1.807) is 6.20 Å². The van der Waals surface area contributed by atoms with Gasteiger partial charge in [0, 0.05) is 17.8 Å². The van der Waals surface area contributed by atoms with Crippen molar-refractivity contribution < 1.29 is 0 Å². The molecule has 3 nitrogen and oxygen atoms in total. The van der Waals surface area contributed by atoms with Crippen LogP contribution in [0.1, 0.15) is 11.1 Å². The molecule has 0 atom stereocenters. The lowest BCUT2D eigenvalue weighted by molar-refractivity contribution is 0.924. The van der Waals surface area contributed by atoms with E-state index in [-0.39, 0.29) is 0 Å². The molecule has 0 aliphatic rings. The van der Waals surface area contributed by atoms with Crippen LogP contribution in [-0.2, 0) is 6.54 Å². The summed E-state index contributed by atoms with van der Waals surface area (Å²) in [5, 5.41) is 7.99. The number of thiocarbonyl (C=S) groups is 1. The summed E-state index contributed by atoms with van der Waals surface area (Å²) in [5.41, 5.74) is 2.03. The number of rotatable bonds is 3. The number of nitrogens with zero attached hydrogens (tertiary/aromatic N) is 1. The number of halogens is 2. The molecule has 0 saturated carbocycles. The molecule has 0 unspecified atom stereocenters. The molecule has 2 rings (SSSR count). The zero-order chi connectivity index (χ0) is 14.5. The van der Waals surface area contributed by atoms with E-state index in [9.17, 15) is 0 Å². The summed E-state index contributed by atoms with van der Waals surface area (Å²) in [6, 6.07) is 9.42. The Balaban J connectivity index is 1.90. The van der Waals surface area contributed by atoms with Gasteiger partial charge in [-0.1, -0.05) is 35.3 Å². The lowest BCUT2D eigenvalue weighted by Gasteiger charge is -2.11. The Morgan fingerprint density at radius 1 is 1.20 bits per heavy atom. The summed E-state index contributed by atoms with van der Waals surface area (Å²) >= 11 is 16.9. The van der Waals surface area contributed by atoms with Crippen LogP contribution < -0.4 is 10.6 Å². The third-order valence-corrected chi connectivity index (χ3v) is 3.35. The van der Waals surface area contributed by atoms with Gasteiger partial charge in [-0.05, 0) is 48.5 Å². The topological polar surface area (TPSA) is 37.0 Å². The molecule has 6 heteroatoms. The molecular weight excluding hydrogens is 313 g/mol.